The minimum absolute atomic E-state index is 0.0524. The highest BCUT2D eigenvalue weighted by molar-refractivity contribution is 7.93. The normalized spacial score (nSPS) is 12.2. The lowest BCUT2D eigenvalue weighted by Crippen LogP contribution is -2.36. The third kappa shape index (κ3) is 3.24. The highest BCUT2D eigenvalue weighted by Gasteiger charge is 2.39. The number of amides is 1. The first-order valence-corrected chi connectivity index (χ1v) is 7.82. The van der Waals surface area contributed by atoms with E-state index in [1.165, 1.54) is 0 Å². The van der Waals surface area contributed by atoms with Crippen molar-refractivity contribution in [3.63, 3.8) is 0 Å². The highest BCUT2D eigenvalue weighted by atomic mass is 32.2. The summed E-state index contributed by atoms with van der Waals surface area (Å²) in [5.74, 6) is -2.32. The van der Waals surface area contributed by atoms with Crippen LogP contribution in [0.3, 0.4) is 0 Å². The first kappa shape index (κ1) is 17.1. The van der Waals surface area contributed by atoms with E-state index in [1.807, 2.05) is 0 Å². The third-order valence-electron chi connectivity index (χ3n) is 2.44. The zero-order valence-electron chi connectivity index (χ0n) is 10.7. The molecule has 2 aromatic rings. The SMILES string of the molecule is O=C(O)N(c1cscn1)S(=O)(=O)c1cc(C(F)(F)F)c(F)cn1. The van der Waals surface area contributed by atoms with Crippen molar-refractivity contribution < 1.29 is 35.9 Å². The molecule has 2 heterocycles. The second-order valence-electron chi connectivity index (χ2n) is 3.90. The van der Waals surface area contributed by atoms with Crippen LogP contribution >= 0.6 is 11.3 Å². The van der Waals surface area contributed by atoms with E-state index in [4.69, 9.17) is 5.11 Å². The lowest BCUT2D eigenvalue weighted by atomic mass is 10.2. The number of rotatable bonds is 3. The van der Waals surface area contributed by atoms with Crippen LogP contribution in [0.5, 0.6) is 0 Å². The van der Waals surface area contributed by atoms with Crippen molar-refractivity contribution >= 4 is 33.3 Å². The molecule has 0 unspecified atom stereocenters. The fraction of sp³-hybridized carbons (Fsp3) is 0.100. The summed E-state index contributed by atoms with van der Waals surface area (Å²) < 4.78 is 75.3. The van der Waals surface area contributed by atoms with Gasteiger partial charge >= 0.3 is 12.3 Å². The van der Waals surface area contributed by atoms with Gasteiger partial charge in [-0.25, -0.2) is 19.2 Å². The van der Waals surface area contributed by atoms with Crippen LogP contribution in [0.25, 0.3) is 0 Å². The van der Waals surface area contributed by atoms with Crippen molar-refractivity contribution in [2.24, 2.45) is 0 Å². The summed E-state index contributed by atoms with van der Waals surface area (Å²) in [7, 11) is -5.02. The number of carbonyl (C=O) groups is 1. The van der Waals surface area contributed by atoms with Crippen LogP contribution in [-0.4, -0.2) is 29.6 Å². The molecular formula is C10H5F4N3O4S2. The van der Waals surface area contributed by atoms with E-state index in [2.05, 4.69) is 9.97 Å². The number of aromatic nitrogens is 2. The molecule has 13 heteroatoms. The van der Waals surface area contributed by atoms with Gasteiger partial charge in [-0.3, -0.25) is 0 Å². The summed E-state index contributed by atoms with van der Waals surface area (Å²) in [6, 6.07) is -0.0764. The largest absolute Gasteiger partial charge is 0.464 e. The molecule has 2 rings (SSSR count). The van der Waals surface area contributed by atoms with E-state index < -0.39 is 44.5 Å². The number of thiazole rings is 1. The van der Waals surface area contributed by atoms with Crippen molar-refractivity contribution in [3.8, 4) is 0 Å². The van der Waals surface area contributed by atoms with Crippen molar-refractivity contribution in [2.45, 2.75) is 11.2 Å². The van der Waals surface area contributed by atoms with Gasteiger partial charge < -0.3 is 5.11 Å². The van der Waals surface area contributed by atoms with Gasteiger partial charge in [0.2, 0.25) is 0 Å². The Hall–Kier alpha value is -2.28. The summed E-state index contributed by atoms with van der Waals surface area (Å²) in [5, 5.41) is 8.79. The van der Waals surface area contributed by atoms with E-state index in [-0.39, 0.29) is 16.6 Å². The van der Waals surface area contributed by atoms with Crippen molar-refractivity contribution in [1.82, 2.24) is 9.97 Å². The van der Waals surface area contributed by atoms with Gasteiger partial charge in [-0.05, 0) is 6.07 Å². The van der Waals surface area contributed by atoms with Gasteiger partial charge in [0, 0.05) is 5.38 Å². The molecule has 0 saturated heterocycles. The van der Waals surface area contributed by atoms with Gasteiger partial charge in [0.25, 0.3) is 10.0 Å². The average Bonchev–Trinajstić information content (AvgIpc) is 2.90. The Balaban J connectivity index is 2.62. The standard InChI is InChI=1S/C10H5F4N3O4S2/c11-6-2-15-8(1-5(6)10(12,13)14)23(20,21)17(9(18)19)7-3-22-4-16-7/h1-4H,(H,18,19). The van der Waals surface area contributed by atoms with Crippen LogP contribution in [0.2, 0.25) is 0 Å². The summed E-state index contributed by atoms with van der Waals surface area (Å²) in [4.78, 5) is 17.7. The van der Waals surface area contributed by atoms with E-state index >= 15 is 0 Å². The minimum Gasteiger partial charge on any atom is -0.464 e. The number of anilines is 1. The van der Waals surface area contributed by atoms with Crippen LogP contribution < -0.4 is 4.31 Å². The predicted molar refractivity (Wildman–Crippen MR) is 69.0 cm³/mol. The molecule has 0 fully saturated rings. The van der Waals surface area contributed by atoms with Crippen molar-refractivity contribution in [3.05, 3.63) is 34.5 Å². The summed E-state index contributed by atoms with van der Waals surface area (Å²) in [6.07, 6.45) is -7.13. The van der Waals surface area contributed by atoms with Crippen LogP contribution in [0.1, 0.15) is 5.56 Å². The summed E-state index contributed by atoms with van der Waals surface area (Å²) in [5.41, 5.74) is -0.755. The van der Waals surface area contributed by atoms with Gasteiger partial charge in [-0.1, -0.05) is 0 Å². The monoisotopic (exact) mass is 371 g/mol. The number of halogens is 4. The molecule has 0 spiro atoms. The molecule has 0 radical (unpaired) electrons. The molecule has 0 aliphatic rings. The number of carboxylic acid groups (broad SMARTS) is 1. The molecule has 0 bridgehead atoms. The first-order valence-electron chi connectivity index (χ1n) is 5.44. The maximum absolute atomic E-state index is 13.2. The average molecular weight is 371 g/mol. The van der Waals surface area contributed by atoms with Crippen molar-refractivity contribution in [2.75, 3.05) is 4.31 Å². The first-order chi connectivity index (χ1) is 10.5. The van der Waals surface area contributed by atoms with Crippen LogP contribution in [-0.2, 0) is 16.2 Å². The lowest BCUT2D eigenvalue weighted by molar-refractivity contribution is -0.140. The Morgan fingerprint density at radius 3 is 2.43 bits per heavy atom. The lowest BCUT2D eigenvalue weighted by Gasteiger charge is -2.17. The van der Waals surface area contributed by atoms with E-state index in [9.17, 15) is 30.8 Å². The van der Waals surface area contributed by atoms with Crippen LogP contribution in [0.4, 0.5) is 28.2 Å². The third-order valence-corrected chi connectivity index (χ3v) is 4.59. The maximum atomic E-state index is 13.2. The number of hydrogen-bond acceptors (Lipinski definition) is 6. The Kier molecular flexibility index (Phi) is 4.26. The molecule has 0 atom stereocenters. The minimum atomic E-state index is -5.17. The van der Waals surface area contributed by atoms with Gasteiger partial charge in [-0.2, -0.15) is 21.6 Å². The Morgan fingerprint density at radius 1 is 1.30 bits per heavy atom. The Bertz CT molecular complexity index is 836. The van der Waals surface area contributed by atoms with Gasteiger partial charge in [0.1, 0.15) is 0 Å². The molecule has 7 nitrogen and oxygen atoms in total. The number of alkyl halides is 3. The van der Waals surface area contributed by atoms with E-state index in [0.29, 0.717) is 0 Å². The maximum Gasteiger partial charge on any atom is 0.427 e. The molecule has 1 N–H and O–H groups in total. The fourth-order valence-corrected chi connectivity index (χ4v) is 3.28. The second-order valence-corrected chi connectivity index (χ2v) is 6.35. The van der Waals surface area contributed by atoms with Crippen molar-refractivity contribution in [1.29, 1.82) is 0 Å². The Morgan fingerprint density at radius 2 is 1.96 bits per heavy atom. The van der Waals surface area contributed by atoms with E-state index in [1.54, 1.807) is 0 Å². The van der Waals surface area contributed by atoms with Gasteiger partial charge in [0.05, 0.1) is 17.3 Å². The van der Waals surface area contributed by atoms with Crippen LogP contribution in [0.15, 0.2) is 28.2 Å². The topological polar surface area (TPSA) is 100 Å². The van der Waals surface area contributed by atoms with Gasteiger partial charge in [0.15, 0.2) is 16.7 Å². The van der Waals surface area contributed by atoms with Crippen LogP contribution in [0, 0.1) is 5.82 Å². The summed E-state index contributed by atoms with van der Waals surface area (Å²) in [6.45, 7) is 0. The number of pyridine rings is 1. The second kappa shape index (κ2) is 5.73. The molecule has 0 aliphatic carbocycles. The van der Waals surface area contributed by atoms with Gasteiger partial charge in [-0.15, -0.1) is 15.6 Å². The quantitative estimate of drug-likeness (QED) is 0.833. The number of sulfonamides is 1. The zero-order valence-corrected chi connectivity index (χ0v) is 12.3. The molecule has 23 heavy (non-hydrogen) atoms. The molecule has 0 saturated carbocycles. The molecule has 0 aliphatic heterocycles. The zero-order chi connectivity index (χ0) is 17.4. The fourth-order valence-electron chi connectivity index (χ4n) is 1.50. The summed E-state index contributed by atoms with van der Waals surface area (Å²) >= 11 is 0.866. The Labute approximate surface area is 129 Å². The molecular weight excluding hydrogens is 366 g/mol. The molecule has 124 valence electrons. The predicted octanol–water partition coefficient (Wildman–Crippen LogP) is 2.57. The molecule has 2 aromatic heterocycles. The number of nitrogens with zero attached hydrogens (tertiary/aromatic N) is 3. The van der Waals surface area contributed by atoms with E-state index in [0.717, 1.165) is 22.2 Å². The molecule has 0 aromatic carbocycles. The smallest absolute Gasteiger partial charge is 0.427 e. The number of hydrogen-bond donors (Lipinski definition) is 1. The molecule has 1 amide bonds. The highest BCUT2D eigenvalue weighted by Crippen LogP contribution is 2.33.